The van der Waals surface area contributed by atoms with Gasteiger partial charge < -0.3 is 5.32 Å². The molecule has 0 aliphatic carbocycles. The summed E-state index contributed by atoms with van der Waals surface area (Å²) >= 11 is 3.47. The highest BCUT2D eigenvalue weighted by Crippen LogP contribution is 2.24. The number of pyridine rings is 1. The average Bonchev–Trinajstić information content (AvgIpc) is 2.34. The van der Waals surface area contributed by atoms with Crippen LogP contribution in [0.25, 0.3) is 10.8 Å². The second kappa shape index (κ2) is 6.35. The molecule has 3 nitrogen and oxygen atoms in total. The van der Waals surface area contributed by atoms with Crippen molar-refractivity contribution in [3.05, 3.63) is 34.4 Å². The predicted octanol–water partition coefficient (Wildman–Crippen LogP) is 3.90. The Morgan fingerprint density at radius 2 is 1.94 bits per heavy atom. The molecule has 2 aromatic rings. The number of halogens is 1. The number of amides is 1. The summed E-state index contributed by atoms with van der Waals surface area (Å²) in [6.45, 7) is 6.03. The molecule has 0 aliphatic rings. The van der Waals surface area contributed by atoms with Crippen molar-refractivity contribution in [2.24, 2.45) is 0 Å². The van der Waals surface area contributed by atoms with Gasteiger partial charge in [-0.1, -0.05) is 29.8 Å². The van der Waals surface area contributed by atoms with E-state index in [1.807, 2.05) is 32.9 Å². The van der Waals surface area contributed by atoms with Gasteiger partial charge in [0.25, 0.3) is 0 Å². The fraction of sp³-hybridized carbons (Fsp3) is 0.231. The molecule has 0 saturated heterocycles. The number of nitrogens with zero attached hydrogens (tertiary/aromatic N) is 1. The molecule has 1 aromatic carbocycles. The summed E-state index contributed by atoms with van der Waals surface area (Å²) in [5.74, 6) is 0.563. The van der Waals surface area contributed by atoms with E-state index in [2.05, 4.69) is 32.3 Å². The molecule has 0 spiro atoms. The summed E-state index contributed by atoms with van der Waals surface area (Å²) in [6.07, 6.45) is 2.37. The van der Waals surface area contributed by atoms with Gasteiger partial charge >= 0.3 is 0 Å². The Labute approximate surface area is 109 Å². The zero-order valence-corrected chi connectivity index (χ0v) is 11.7. The Kier molecular flexibility index (Phi) is 5.10. The number of fused-ring (bicyclic) bond motifs is 1. The Morgan fingerprint density at radius 3 is 2.59 bits per heavy atom. The Bertz CT molecular complexity index is 526. The minimum atomic E-state index is 0.563. The van der Waals surface area contributed by atoms with Crippen LogP contribution in [-0.2, 0) is 4.79 Å². The molecule has 0 unspecified atom stereocenters. The fourth-order valence-corrected chi connectivity index (χ4v) is 1.78. The maximum absolute atomic E-state index is 10.3. The van der Waals surface area contributed by atoms with Gasteiger partial charge in [0.15, 0.2) is 0 Å². The molecule has 1 heterocycles. The van der Waals surface area contributed by atoms with Gasteiger partial charge in [0.05, 0.1) is 0 Å². The number of hydrogen-bond donors (Lipinski definition) is 1. The van der Waals surface area contributed by atoms with E-state index >= 15 is 0 Å². The van der Waals surface area contributed by atoms with Crippen molar-refractivity contribution in [3.63, 3.8) is 0 Å². The summed E-state index contributed by atoms with van der Waals surface area (Å²) in [4.78, 5) is 14.4. The summed E-state index contributed by atoms with van der Waals surface area (Å²) in [5, 5.41) is 4.64. The molecule has 17 heavy (non-hydrogen) atoms. The first kappa shape index (κ1) is 13.6. The Balaban J connectivity index is 0.000000686. The standard InChI is InChI=1S/C11H9BrN2O.C2H6/c1-7-2-9-5-13-11(14-6-15)4-8(9)3-10(7)12;1-2/h2-6H,1H3,(H,13,14,15);1-2H3. The predicted molar refractivity (Wildman–Crippen MR) is 75.2 cm³/mol. The minimum absolute atomic E-state index is 0.563. The third-order valence-corrected chi connectivity index (χ3v) is 3.06. The van der Waals surface area contributed by atoms with Crippen LogP contribution >= 0.6 is 15.9 Å². The quantitative estimate of drug-likeness (QED) is 0.854. The summed E-state index contributed by atoms with van der Waals surface area (Å²) in [5.41, 5.74) is 1.17. The SMILES string of the molecule is CC.Cc1cc2cnc(NC=O)cc2cc1Br. The van der Waals surface area contributed by atoms with E-state index < -0.39 is 0 Å². The first-order valence-electron chi connectivity index (χ1n) is 5.47. The van der Waals surface area contributed by atoms with Crippen molar-refractivity contribution in [3.8, 4) is 0 Å². The van der Waals surface area contributed by atoms with E-state index in [1.165, 1.54) is 5.56 Å². The number of carbonyl (C=O) groups excluding carboxylic acids is 1. The summed E-state index contributed by atoms with van der Waals surface area (Å²) < 4.78 is 1.05. The number of aryl methyl sites for hydroxylation is 1. The highest BCUT2D eigenvalue weighted by molar-refractivity contribution is 9.10. The number of nitrogens with one attached hydrogen (secondary N) is 1. The molecule has 0 fully saturated rings. The van der Waals surface area contributed by atoms with Gasteiger partial charge in [-0.25, -0.2) is 4.98 Å². The molecular weight excluding hydrogens is 280 g/mol. The van der Waals surface area contributed by atoms with Crippen LogP contribution in [0.5, 0.6) is 0 Å². The van der Waals surface area contributed by atoms with Gasteiger partial charge in [0.1, 0.15) is 5.82 Å². The van der Waals surface area contributed by atoms with Crippen molar-refractivity contribution < 1.29 is 4.79 Å². The molecular formula is C13H15BrN2O. The first-order valence-corrected chi connectivity index (χ1v) is 6.26. The van der Waals surface area contributed by atoms with Crippen LogP contribution in [0.1, 0.15) is 19.4 Å². The number of benzene rings is 1. The van der Waals surface area contributed by atoms with Gasteiger partial charge in [-0.2, -0.15) is 0 Å². The third-order valence-electron chi connectivity index (χ3n) is 2.21. The molecule has 0 atom stereocenters. The van der Waals surface area contributed by atoms with E-state index in [9.17, 15) is 4.79 Å². The molecule has 4 heteroatoms. The van der Waals surface area contributed by atoms with Crippen LogP contribution in [0.2, 0.25) is 0 Å². The molecule has 2 rings (SSSR count). The van der Waals surface area contributed by atoms with Crippen LogP contribution in [-0.4, -0.2) is 11.4 Å². The van der Waals surface area contributed by atoms with Crippen LogP contribution in [0.4, 0.5) is 5.82 Å². The zero-order chi connectivity index (χ0) is 12.8. The topological polar surface area (TPSA) is 42.0 Å². The molecule has 0 radical (unpaired) electrons. The number of hydrogen-bond acceptors (Lipinski definition) is 2. The molecule has 1 amide bonds. The van der Waals surface area contributed by atoms with Crippen LogP contribution < -0.4 is 5.32 Å². The number of carbonyl (C=O) groups is 1. The smallest absolute Gasteiger partial charge is 0.212 e. The van der Waals surface area contributed by atoms with E-state index in [4.69, 9.17) is 0 Å². The molecule has 1 aromatic heterocycles. The molecule has 90 valence electrons. The van der Waals surface area contributed by atoms with Gasteiger partial charge in [0, 0.05) is 16.1 Å². The van der Waals surface area contributed by atoms with Gasteiger partial charge in [-0.15, -0.1) is 0 Å². The number of rotatable bonds is 2. The van der Waals surface area contributed by atoms with Crippen molar-refractivity contribution in [2.45, 2.75) is 20.8 Å². The van der Waals surface area contributed by atoms with Gasteiger partial charge in [-0.05, 0) is 36.1 Å². The van der Waals surface area contributed by atoms with E-state index in [1.54, 1.807) is 6.20 Å². The maximum Gasteiger partial charge on any atom is 0.212 e. The normalized spacial score (nSPS) is 9.41. The summed E-state index contributed by atoms with van der Waals surface area (Å²) in [6, 6.07) is 5.91. The molecule has 0 bridgehead atoms. The number of anilines is 1. The second-order valence-corrected chi connectivity index (χ2v) is 4.13. The van der Waals surface area contributed by atoms with Crippen molar-refractivity contribution in [2.75, 3.05) is 5.32 Å². The van der Waals surface area contributed by atoms with E-state index in [-0.39, 0.29) is 0 Å². The highest BCUT2D eigenvalue weighted by Gasteiger charge is 2.00. The van der Waals surface area contributed by atoms with Gasteiger partial charge in [0.2, 0.25) is 6.41 Å². The number of aromatic nitrogens is 1. The first-order chi connectivity index (χ1) is 8.20. The lowest BCUT2D eigenvalue weighted by atomic mass is 10.1. The monoisotopic (exact) mass is 294 g/mol. The highest BCUT2D eigenvalue weighted by atomic mass is 79.9. The average molecular weight is 295 g/mol. The fourth-order valence-electron chi connectivity index (χ4n) is 1.42. The maximum atomic E-state index is 10.3. The van der Waals surface area contributed by atoms with Crippen LogP contribution in [0, 0.1) is 6.92 Å². The minimum Gasteiger partial charge on any atom is -0.313 e. The van der Waals surface area contributed by atoms with E-state index in [0.29, 0.717) is 12.2 Å². The lowest BCUT2D eigenvalue weighted by Gasteiger charge is -2.04. The Morgan fingerprint density at radius 1 is 1.24 bits per heavy atom. The Hall–Kier alpha value is -1.42. The zero-order valence-electron chi connectivity index (χ0n) is 10.1. The lowest BCUT2D eigenvalue weighted by molar-refractivity contribution is -0.105. The molecule has 1 N–H and O–H groups in total. The van der Waals surface area contributed by atoms with Crippen molar-refractivity contribution in [1.82, 2.24) is 4.98 Å². The largest absolute Gasteiger partial charge is 0.313 e. The van der Waals surface area contributed by atoms with Crippen LogP contribution in [0.3, 0.4) is 0 Å². The molecule has 0 aliphatic heterocycles. The molecule has 0 saturated carbocycles. The van der Waals surface area contributed by atoms with E-state index in [0.717, 1.165) is 15.2 Å². The van der Waals surface area contributed by atoms with Crippen molar-refractivity contribution in [1.29, 1.82) is 0 Å². The second-order valence-electron chi connectivity index (χ2n) is 3.28. The summed E-state index contributed by atoms with van der Waals surface area (Å²) in [7, 11) is 0. The van der Waals surface area contributed by atoms with Gasteiger partial charge in [-0.3, -0.25) is 4.79 Å². The van der Waals surface area contributed by atoms with Crippen LogP contribution in [0.15, 0.2) is 28.9 Å². The lowest BCUT2D eigenvalue weighted by Crippen LogP contribution is -1.96. The van der Waals surface area contributed by atoms with Crippen molar-refractivity contribution >= 4 is 38.9 Å². The third kappa shape index (κ3) is 3.27.